The number of amides is 2. The monoisotopic (exact) mass is 463 g/mol. The number of rotatable bonds is 4. The number of imide groups is 1. The number of anilines is 1. The van der Waals surface area contributed by atoms with Crippen LogP contribution in [0.2, 0.25) is 5.02 Å². The molecule has 2 aromatic carbocycles. The molecule has 0 unspecified atom stereocenters. The Morgan fingerprint density at radius 2 is 1.64 bits per heavy atom. The molecular formula is C25H22ClN3O4. The molecule has 1 aliphatic carbocycles. The molecule has 0 fully saturated rings. The Morgan fingerprint density at radius 1 is 1.00 bits per heavy atom. The Kier molecular flexibility index (Phi) is 5.09. The van der Waals surface area contributed by atoms with Gasteiger partial charge in [0.1, 0.15) is 0 Å². The number of carbonyl (C=O) groups is 2. The van der Waals surface area contributed by atoms with E-state index in [2.05, 4.69) is 5.10 Å². The van der Waals surface area contributed by atoms with Crippen molar-refractivity contribution in [2.75, 3.05) is 4.90 Å². The van der Waals surface area contributed by atoms with Crippen molar-refractivity contribution in [2.45, 2.75) is 39.0 Å². The zero-order chi connectivity index (χ0) is 23.4. The molecule has 2 heterocycles. The van der Waals surface area contributed by atoms with Crippen LogP contribution >= 0.6 is 11.6 Å². The molecule has 8 heteroatoms. The van der Waals surface area contributed by atoms with Crippen LogP contribution in [0.25, 0.3) is 0 Å². The Bertz CT molecular complexity index is 1360. The summed E-state index contributed by atoms with van der Waals surface area (Å²) >= 11 is 6.65. The van der Waals surface area contributed by atoms with Crippen molar-refractivity contribution in [3.63, 3.8) is 0 Å². The second-order valence-electron chi connectivity index (χ2n) is 8.63. The second-order valence-corrected chi connectivity index (χ2v) is 9.04. The van der Waals surface area contributed by atoms with Crippen LogP contribution in [0.5, 0.6) is 11.6 Å². The summed E-state index contributed by atoms with van der Waals surface area (Å²) < 4.78 is 7.38. The van der Waals surface area contributed by atoms with Gasteiger partial charge in [0.05, 0.1) is 21.8 Å². The van der Waals surface area contributed by atoms with Crippen LogP contribution in [0.4, 0.5) is 5.69 Å². The first-order chi connectivity index (χ1) is 15.8. The van der Waals surface area contributed by atoms with Crippen LogP contribution < -0.4 is 15.2 Å². The van der Waals surface area contributed by atoms with Gasteiger partial charge < -0.3 is 4.74 Å². The van der Waals surface area contributed by atoms with Gasteiger partial charge in [0.2, 0.25) is 5.88 Å². The molecule has 0 atom stereocenters. The smallest absolute Gasteiger partial charge is 0.270 e. The lowest BCUT2D eigenvalue weighted by molar-refractivity contribution is 0.0926. The number of benzene rings is 2. The fourth-order valence-corrected chi connectivity index (χ4v) is 4.84. The molecule has 0 saturated heterocycles. The van der Waals surface area contributed by atoms with Crippen LogP contribution in [0.15, 0.2) is 41.2 Å². The molecule has 0 bridgehead atoms. The molecule has 2 amide bonds. The Labute approximate surface area is 195 Å². The van der Waals surface area contributed by atoms with Crippen LogP contribution in [0.3, 0.4) is 0 Å². The first kappa shape index (κ1) is 21.4. The number of aryl methyl sites for hydroxylation is 1. The molecule has 1 aliphatic heterocycles. The number of halogens is 1. The lowest BCUT2D eigenvalue weighted by Crippen LogP contribution is -2.30. The molecule has 2 aliphatic rings. The topological polar surface area (TPSA) is 81.5 Å². The van der Waals surface area contributed by atoms with Gasteiger partial charge >= 0.3 is 0 Å². The summed E-state index contributed by atoms with van der Waals surface area (Å²) in [5.41, 5.74) is 3.44. The van der Waals surface area contributed by atoms with Crippen LogP contribution in [-0.2, 0) is 19.9 Å². The summed E-state index contributed by atoms with van der Waals surface area (Å²) in [5.74, 6) is 0.0218. The maximum atomic E-state index is 13.1. The zero-order valence-corrected chi connectivity index (χ0v) is 19.3. The van der Waals surface area contributed by atoms with E-state index < -0.39 is 0 Å². The highest BCUT2D eigenvalue weighted by Gasteiger charge is 2.39. The fourth-order valence-electron chi connectivity index (χ4n) is 4.58. The predicted octanol–water partition coefficient (Wildman–Crippen LogP) is 4.64. The molecule has 5 rings (SSSR count). The first-order valence-corrected chi connectivity index (χ1v) is 11.2. The van der Waals surface area contributed by atoms with E-state index in [1.165, 1.54) is 9.58 Å². The van der Waals surface area contributed by atoms with Gasteiger partial charge in [-0.15, -0.1) is 5.10 Å². The maximum Gasteiger partial charge on any atom is 0.270 e. The quantitative estimate of drug-likeness (QED) is 0.526. The number of ether oxygens (including phenoxy) is 1. The highest BCUT2D eigenvalue weighted by atomic mass is 35.5. The van der Waals surface area contributed by atoms with Gasteiger partial charge in [-0.1, -0.05) is 37.6 Å². The molecule has 168 valence electrons. The Hall–Kier alpha value is -3.45. The Morgan fingerprint density at radius 3 is 2.27 bits per heavy atom. The van der Waals surface area contributed by atoms with Gasteiger partial charge in [-0.25, -0.2) is 9.58 Å². The van der Waals surface area contributed by atoms with E-state index in [4.69, 9.17) is 16.3 Å². The minimum atomic E-state index is -0.351. The molecule has 7 nitrogen and oxygen atoms in total. The fraction of sp³-hybridized carbons (Fsp3) is 0.280. The number of aromatic nitrogens is 2. The van der Waals surface area contributed by atoms with E-state index in [9.17, 15) is 14.4 Å². The number of carbonyl (C=O) groups excluding carboxylic acids is 2. The third kappa shape index (κ3) is 3.35. The van der Waals surface area contributed by atoms with Crippen molar-refractivity contribution in [1.29, 1.82) is 0 Å². The van der Waals surface area contributed by atoms with Gasteiger partial charge in [-0.2, -0.15) is 0 Å². The first-order valence-electron chi connectivity index (χ1n) is 10.9. The molecule has 1 aromatic heterocycles. The summed E-state index contributed by atoms with van der Waals surface area (Å²) in [4.78, 5) is 39.7. The van der Waals surface area contributed by atoms with Gasteiger partial charge in [0.15, 0.2) is 5.75 Å². The van der Waals surface area contributed by atoms with Gasteiger partial charge in [-0.05, 0) is 48.9 Å². The predicted molar refractivity (Wildman–Crippen MR) is 125 cm³/mol. The van der Waals surface area contributed by atoms with E-state index in [1.54, 1.807) is 43.4 Å². The van der Waals surface area contributed by atoms with E-state index >= 15 is 0 Å². The van der Waals surface area contributed by atoms with E-state index in [-0.39, 0.29) is 34.2 Å². The largest absolute Gasteiger partial charge is 0.436 e. The molecule has 0 radical (unpaired) electrons. The minimum Gasteiger partial charge on any atom is -0.436 e. The summed E-state index contributed by atoms with van der Waals surface area (Å²) in [5, 5.41) is 4.51. The van der Waals surface area contributed by atoms with Gasteiger partial charge in [0.25, 0.3) is 17.4 Å². The molecule has 0 spiro atoms. The van der Waals surface area contributed by atoms with Gasteiger partial charge in [-0.3, -0.25) is 14.4 Å². The normalized spacial score (nSPS) is 14.8. The minimum absolute atomic E-state index is 0.00596. The summed E-state index contributed by atoms with van der Waals surface area (Å²) in [6, 6.07) is 10.1. The molecule has 33 heavy (non-hydrogen) atoms. The lowest BCUT2D eigenvalue weighted by atomic mass is 10.1. The summed E-state index contributed by atoms with van der Waals surface area (Å²) in [6.45, 7) is 3.87. The van der Waals surface area contributed by atoms with Crippen molar-refractivity contribution in [2.24, 2.45) is 7.05 Å². The van der Waals surface area contributed by atoms with Crippen molar-refractivity contribution in [1.82, 2.24) is 9.78 Å². The molecular weight excluding hydrogens is 442 g/mol. The van der Waals surface area contributed by atoms with E-state index in [0.29, 0.717) is 41.0 Å². The SMILES string of the molecule is CC(C)c1cc(Oc2c(Cl)cc(N3C(=O)c4ccccc4C3=O)c3c2CCC3)nn(C)c1=O. The van der Waals surface area contributed by atoms with Crippen molar-refractivity contribution < 1.29 is 14.3 Å². The standard InChI is InChI=1S/C25H22ClN3O4/c1-13(2)18-11-21(27-28(3)23(18)30)33-22-15-10-6-9-14(15)20(12-19(22)26)29-24(31)16-7-4-5-8-17(16)25(29)32/h4-5,7-8,11-13H,6,9-10H2,1-3H3. The van der Waals surface area contributed by atoms with Crippen molar-refractivity contribution in [3.05, 3.63) is 79.6 Å². The average Bonchev–Trinajstić information content (AvgIpc) is 3.36. The van der Waals surface area contributed by atoms with E-state index in [0.717, 1.165) is 17.5 Å². The highest BCUT2D eigenvalue weighted by molar-refractivity contribution is 6.36. The molecule has 0 saturated carbocycles. The van der Waals surface area contributed by atoms with Crippen molar-refractivity contribution >= 4 is 29.1 Å². The summed E-state index contributed by atoms with van der Waals surface area (Å²) in [7, 11) is 1.58. The zero-order valence-electron chi connectivity index (χ0n) is 18.5. The van der Waals surface area contributed by atoms with Crippen LogP contribution in [0, 0.1) is 0 Å². The van der Waals surface area contributed by atoms with Crippen LogP contribution in [-0.4, -0.2) is 21.6 Å². The average molecular weight is 464 g/mol. The van der Waals surface area contributed by atoms with Crippen LogP contribution in [0.1, 0.15) is 63.6 Å². The number of nitrogens with zero attached hydrogens (tertiary/aromatic N) is 3. The number of fused-ring (bicyclic) bond motifs is 2. The number of hydrogen-bond acceptors (Lipinski definition) is 5. The van der Waals surface area contributed by atoms with E-state index in [1.807, 2.05) is 13.8 Å². The number of hydrogen-bond donors (Lipinski definition) is 0. The Balaban J connectivity index is 1.59. The molecule has 0 N–H and O–H groups in total. The van der Waals surface area contributed by atoms with Crippen molar-refractivity contribution in [3.8, 4) is 11.6 Å². The highest BCUT2D eigenvalue weighted by Crippen LogP contribution is 2.45. The third-order valence-corrected chi connectivity index (χ3v) is 6.49. The maximum absolute atomic E-state index is 13.1. The second kappa shape index (κ2) is 7.85. The lowest BCUT2D eigenvalue weighted by Gasteiger charge is -2.21. The van der Waals surface area contributed by atoms with Gasteiger partial charge in [0, 0.05) is 24.2 Å². The summed E-state index contributed by atoms with van der Waals surface area (Å²) in [6.07, 6.45) is 2.24. The third-order valence-electron chi connectivity index (χ3n) is 6.21. The molecule has 3 aromatic rings.